The number of halogens is 2. The van der Waals surface area contributed by atoms with Gasteiger partial charge in [0.25, 0.3) is 0 Å². The van der Waals surface area contributed by atoms with Gasteiger partial charge in [-0.1, -0.05) is 48.3 Å². The van der Waals surface area contributed by atoms with Crippen molar-refractivity contribution in [1.29, 1.82) is 0 Å². The van der Waals surface area contributed by atoms with Crippen LogP contribution < -0.4 is 0 Å². The van der Waals surface area contributed by atoms with E-state index < -0.39 is 0 Å². The molecule has 0 aliphatic rings. The molecule has 0 aromatic heterocycles. The molecule has 0 amide bonds. The van der Waals surface area contributed by atoms with Crippen LogP contribution in [0, 0.1) is 8.99 Å². The lowest BCUT2D eigenvalue weighted by atomic mass is 9.82. The van der Waals surface area contributed by atoms with Crippen LogP contribution in [0.2, 0.25) is 0 Å². The molecule has 0 saturated carbocycles. The van der Waals surface area contributed by atoms with Crippen molar-refractivity contribution >= 4 is 38.5 Å². The molecule has 0 radical (unpaired) electrons. The molecule has 0 spiro atoms. The molecule has 2 heteroatoms. The topological polar surface area (TPSA) is 0 Å². The third-order valence-corrected chi connectivity index (χ3v) is 4.79. The molecule has 1 aromatic carbocycles. The molecule has 0 aliphatic carbocycles. The molecule has 15 heavy (non-hydrogen) atoms. The number of hydrogen-bond donors (Lipinski definition) is 0. The van der Waals surface area contributed by atoms with Crippen LogP contribution >= 0.6 is 38.5 Å². The van der Waals surface area contributed by atoms with E-state index in [1.54, 1.807) is 0 Å². The molecular formula is C13H18BrI. The highest BCUT2D eigenvalue weighted by atomic mass is 127. The first-order valence-electron chi connectivity index (χ1n) is 5.40. The van der Waals surface area contributed by atoms with E-state index in [2.05, 4.69) is 76.6 Å². The summed E-state index contributed by atoms with van der Waals surface area (Å²) in [6.07, 6.45) is 3.71. The molecular weight excluding hydrogens is 363 g/mol. The Bertz CT molecular complexity index is 294. The van der Waals surface area contributed by atoms with Crippen LogP contribution in [-0.2, 0) is 6.42 Å². The van der Waals surface area contributed by atoms with E-state index >= 15 is 0 Å². The second-order valence-electron chi connectivity index (χ2n) is 4.50. The van der Waals surface area contributed by atoms with Crippen LogP contribution in [0.5, 0.6) is 0 Å². The minimum atomic E-state index is 0.404. The molecule has 0 N–H and O–H groups in total. The summed E-state index contributed by atoms with van der Waals surface area (Å²) < 4.78 is 1.31. The summed E-state index contributed by atoms with van der Waals surface area (Å²) in [5, 5.41) is 1.08. The molecule has 1 aromatic rings. The highest BCUT2D eigenvalue weighted by Gasteiger charge is 2.22. The second kappa shape index (κ2) is 6.24. The van der Waals surface area contributed by atoms with Crippen LogP contribution in [0.25, 0.3) is 0 Å². The summed E-state index contributed by atoms with van der Waals surface area (Å²) >= 11 is 5.99. The smallest absolute Gasteiger partial charge is 0.0130 e. The van der Waals surface area contributed by atoms with Crippen LogP contribution in [-0.4, -0.2) is 5.33 Å². The Morgan fingerprint density at radius 1 is 1.27 bits per heavy atom. The van der Waals surface area contributed by atoms with Crippen molar-refractivity contribution in [3.63, 3.8) is 0 Å². The molecule has 84 valence electrons. The van der Waals surface area contributed by atoms with Crippen molar-refractivity contribution < 1.29 is 0 Å². The average Bonchev–Trinajstić information content (AvgIpc) is 2.22. The Morgan fingerprint density at radius 3 is 2.33 bits per heavy atom. The number of benzene rings is 1. The maximum absolute atomic E-state index is 3.64. The standard InChI is InChI=1S/C13H18BrI/c1-3-8-13(2,10-14)9-11-4-6-12(15)7-5-11/h4-7H,3,8-10H2,1-2H3. The van der Waals surface area contributed by atoms with Crippen LogP contribution in [0.15, 0.2) is 24.3 Å². The molecule has 0 heterocycles. The average molecular weight is 381 g/mol. The van der Waals surface area contributed by atoms with E-state index in [1.807, 2.05) is 0 Å². The number of rotatable bonds is 5. The quantitative estimate of drug-likeness (QED) is 0.496. The zero-order chi connectivity index (χ0) is 11.3. The normalized spacial score (nSPS) is 14.9. The van der Waals surface area contributed by atoms with E-state index in [1.165, 1.54) is 28.4 Å². The van der Waals surface area contributed by atoms with Gasteiger partial charge in [0.15, 0.2) is 0 Å². The molecule has 0 saturated heterocycles. The maximum Gasteiger partial charge on any atom is 0.0130 e. The van der Waals surface area contributed by atoms with E-state index in [9.17, 15) is 0 Å². The number of hydrogen-bond acceptors (Lipinski definition) is 0. The Morgan fingerprint density at radius 2 is 1.87 bits per heavy atom. The molecule has 1 rings (SSSR count). The maximum atomic E-state index is 3.64. The lowest BCUT2D eigenvalue weighted by Crippen LogP contribution is -2.21. The summed E-state index contributed by atoms with van der Waals surface area (Å²) in [7, 11) is 0. The van der Waals surface area contributed by atoms with Gasteiger partial charge in [0.2, 0.25) is 0 Å². The lowest BCUT2D eigenvalue weighted by molar-refractivity contribution is 0.340. The Labute approximate surface area is 115 Å². The molecule has 1 atom stereocenters. The van der Waals surface area contributed by atoms with E-state index in [-0.39, 0.29) is 0 Å². The van der Waals surface area contributed by atoms with Crippen LogP contribution in [0.3, 0.4) is 0 Å². The van der Waals surface area contributed by atoms with Gasteiger partial charge in [-0.15, -0.1) is 0 Å². The summed E-state index contributed by atoms with van der Waals surface area (Å²) in [6.45, 7) is 4.62. The number of alkyl halides is 1. The molecule has 1 unspecified atom stereocenters. The lowest BCUT2D eigenvalue weighted by Gasteiger charge is -2.27. The first-order valence-corrected chi connectivity index (χ1v) is 7.60. The third-order valence-electron chi connectivity index (χ3n) is 2.72. The Hall–Kier alpha value is 0.430. The van der Waals surface area contributed by atoms with Crippen molar-refractivity contribution in [3.05, 3.63) is 33.4 Å². The zero-order valence-electron chi connectivity index (χ0n) is 9.39. The highest BCUT2D eigenvalue weighted by Crippen LogP contribution is 2.30. The van der Waals surface area contributed by atoms with E-state index in [0.717, 1.165) is 5.33 Å². The first kappa shape index (κ1) is 13.5. The first-order chi connectivity index (χ1) is 7.09. The monoisotopic (exact) mass is 380 g/mol. The van der Waals surface area contributed by atoms with E-state index in [4.69, 9.17) is 0 Å². The molecule has 0 fully saturated rings. The molecule has 0 bridgehead atoms. The van der Waals surface area contributed by atoms with Gasteiger partial charge in [-0.2, -0.15) is 0 Å². The predicted octanol–water partition coefficient (Wildman–Crippen LogP) is 5.04. The zero-order valence-corrected chi connectivity index (χ0v) is 13.1. The van der Waals surface area contributed by atoms with Gasteiger partial charge >= 0.3 is 0 Å². The summed E-state index contributed by atoms with van der Waals surface area (Å²) in [6, 6.07) is 8.88. The Balaban J connectivity index is 2.70. The van der Waals surface area contributed by atoms with Crippen molar-refractivity contribution in [3.8, 4) is 0 Å². The Kier molecular flexibility index (Phi) is 5.61. The van der Waals surface area contributed by atoms with Gasteiger partial charge in [0, 0.05) is 8.90 Å². The van der Waals surface area contributed by atoms with Gasteiger partial charge in [0.1, 0.15) is 0 Å². The van der Waals surface area contributed by atoms with Gasteiger partial charge in [-0.3, -0.25) is 0 Å². The predicted molar refractivity (Wildman–Crippen MR) is 79.7 cm³/mol. The fourth-order valence-electron chi connectivity index (χ4n) is 1.90. The summed E-state index contributed by atoms with van der Waals surface area (Å²) in [4.78, 5) is 0. The third kappa shape index (κ3) is 4.43. The fourth-order valence-corrected chi connectivity index (χ4v) is 2.74. The largest absolute Gasteiger partial charge is 0.0922 e. The molecule has 0 nitrogen and oxygen atoms in total. The van der Waals surface area contributed by atoms with E-state index in [0.29, 0.717) is 5.41 Å². The summed E-state index contributed by atoms with van der Waals surface area (Å²) in [5.41, 5.74) is 1.85. The van der Waals surface area contributed by atoms with Crippen LogP contribution in [0.1, 0.15) is 32.3 Å². The van der Waals surface area contributed by atoms with Crippen molar-refractivity contribution in [2.24, 2.45) is 5.41 Å². The van der Waals surface area contributed by atoms with Crippen LogP contribution in [0.4, 0.5) is 0 Å². The minimum Gasteiger partial charge on any atom is -0.0922 e. The summed E-state index contributed by atoms with van der Waals surface area (Å²) in [5.74, 6) is 0. The van der Waals surface area contributed by atoms with Gasteiger partial charge in [0.05, 0.1) is 0 Å². The second-order valence-corrected chi connectivity index (χ2v) is 6.30. The minimum absolute atomic E-state index is 0.404. The van der Waals surface area contributed by atoms with Crippen molar-refractivity contribution in [2.45, 2.75) is 33.1 Å². The van der Waals surface area contributed by atoms with Crippen molar-refractivity contribution in [1.82, 2.24) is 0 Å². The molecule has 0 aliphatic heterocycles. The SMILES string of the molecule is CCCC(C)(CBr)Cc1ccc(I)cc1. The van der Waals surface area contributed by atoms with Gasteiger partial charge in [-0.05, 0) is 58.5 Å². The fraction of sp³-hybridized carbons (Fsp3) is 0.538. The van der Waals surface area contributed by atoms with Gasteiger partial charge in [-0.25, -0.2) is 0 Å². The highest BCUT2D eigenvalue weighted by molar-refractivity contribution is 14.1. The van der Waals surface area contributed by atoms with Crippen molar-refractivity contribution in [2.75, 3.05) is 5.33 Å². The van der Waals surface area contributed by atoms with Gasteiger partial charge < -0.3 is 0 Å².